The lowest BCUT2D eigenvalue weighted by Gasteiger charge is -2.44. The third-order valence-corrected chi connectivity index (χ3v) is 7.18. The summed E-state index contributed by atoms with van der Waals surface area (Å²) in [6.45, 7) is -0.119. The van der Waals surface area contributed by atoms with Crippen molar-refractivity contribution in [2.75, 3.05) is 19.6 Å². The highest BCUT2D eigenvalue weighted by Crippen LogP contribution is 2.24. The van der Waals surface area contributed by atoms with Gasteiger partial charge in [0.2, 0.25) is 21.8 Å². The molecule has 2 heterocycles. The quantitative estimate of drug-likeness (QED) is 0.796. The van der Waals surface area contributed by atoms with Crippen LogP contribution in [0.15, 0.2) is 59.5 Å². The molecule has 2 aliphatic heterocycles. The lowest BCUT2D eigenvalue weighted by atomic mass is 9.99. The maximum absolute atomic E-state index is 14.0. The molecule has 2 atom stereocenters. The molecule has 2 aliphatic rings. The minimum absolute atomic E-state index is 0.00421. The van der Waals surface area contributed by atoms with Crippen molar-refractivity contribution in [3.05, 3.63) is 66.0 Å². The molecular weight excluding hydrogens is 397 g/mol. The van der Waals surface area contributed by atoms with Gasteiger partial charge in [0, 0.05) is 26.1 Å². The summed E-state index contributed by atoms with van der Waals surface area (Å²) in [6.07, 6.45) is 0.367. The highest BCUT2D eigenvalue weighted by molar-refractivity contribution is 7.89. The number of sulfonamides is 1. The van der Waals surface area contributed by atoms with Gasteiger partial charge in [-0.3, -0.25) is 9.59 Å². The van der Waals surface area contributed by atoms with Crippen LogP contribution in [-0.2, 0) is 26.0 Å². The number of carbonyl (C=O) groups excluding carboxylic acids is 2. The number of hydrogen-bond donors (Lipinski definition) is 1. The number of piperazine rings is 2. The average molecular weight is 417 g/mol. The topological polar surface area (TPSA) is 86.8 Å². The van der Waals surface area contributed by atoms with Gasteiger partial charge in [-0.05, 0) is 17.7 Å². The fourth-order valence-electron chi connectivity index (χ4n) is 3.78. The van der Waals surface area contributed by atoms with Crippen molar-refractivity contribution in [1.82, 2.24) is 14.5 Å². The summed E-state index contributed by atoms with van der Waals surface area (Å²) in [5.74, 6) is -1.48. The molecule has 0 radical (unpaired) electrons. The Morgan fingerprint density at radius 1 is 1.00 bits per heavy atom. The second-order valence-electron chi connectivity index (χ2n) is 7.09. The zero-order valence-corrected chi connectivity index (χ0v) is 16.3. The lowest BCUT2D eigenvalue weighted by molar-refractivity contribution is -0.151. The fraction of sp³-hybridized carbons (Fsp3) is 0.300. The number of hydrogen-bond acceptors (Lipinski definition) is 4. The number of nitrogens with zero attached hydrogens (tertiary/aromatic N) is 2. The number of amides is 2. The summed E-state index contributed by atoms with van der Waals surface area (Å²) in [5, 5.41) is 2.71. The maximum atomic E-state index is 14.0. The second kappa shape index (κ2) is 7.57. The Morgan fingerprint density at radius 3 is 2.41 bits per heavy atom. The fourth-order valence-corrected chi connectivity index (χ4v) is 5.28. The Hall–Kier alpha value is -2.78. The van der Waals surface area contributed by atoms with Crippen LogP contribution in [0.4, 0.5) is 4.39 Å². The van der Waals surface area contributed by atoms with E-state index in [1.165, 1.54) is 23.1 Å². The van der Waals surface area contributed by atoms with Gasteiger partial charge in [0.25, 0.3) is 0 Å². The zero-order chi connectivity index (χ0) is 20.6. The van der Waals surface area contributed by atoms with E-state index in [9.17, 15) is 22.4 Å². The van der Waals surface area contributed by atoms with Gasteiger partial charge in [-0.15, -0.1) is 0 Å². The summed E-state index contributed by atoms with van der Waals surface area (Å²) < 4.78 is 40.7. The van der Waals surface area contributed by atoms with Crippen LogP contribution < -0.4 is 5.32 Å². The summed E-state index contributed by atoms with van der Waals surface area (Å²) in [6, 6.07) is 12.9. The van der Waals surface area contributed by atoms with E-state index in [-0.39, 0.29) is 25.5 Å². The minimum atomic E-state index is -4.11. The first-order valence-corrected chi connectivity index (χ1v) is 10.7. The molecule has 2 amide bonds. The Bertz CT molecular complexity index is 1040. The maximum Gasteiger partial charge on any atom is 0.246 e. The van der Waals surface area contributed by atoms with Gasteiger partial charge in [0.05, 0.1) is 0 Å². The molecule has 0 saturated carbocycles. The predicted molar refractivity (Wildman–Crippen MR) is 103 cm³/mol. The third-order valence-electron chi connectivity index (χ3n) is 5.28. The van der Waals surface area contributed by atoms with E-state index in [0.717, 1.165) is 15.9 Å². The number of halogens is 1. The molecule has 152 valence electrons. The largest absolute Gasteiger partial charge is 0.342 e. The second-order valence-corrected chi connectivity index (χ2v) is 9.00. The van der Waals surface area contributed by atoms with Gasteiger partial charge in [-0.1, -0.05) is 42.5 Å². The normalized spacial score (nSPS) is 22.9. The molecule has 0 unspecified atom stereocenters. The van der Waals surface area contributed by atoms with Crippen LogP contribution in [0.1, 0.15) is 5.56 Å². The molecule has 0 spiro atoms. The van der Waals surface area contributed by atoms with Crippen molar-refractivity contribution in [2.24, 2.45) is 0 Å². The third kappa shape index (κ3) is 3.63. The number of rotatable bonds is 4. The Kier molecular flexibility index (Phi) is 5.10. The van der Waals surface area contributed by atoms with Gasteiger partial charge in [-0.2, -0.15) is 4.31 Å². The molecule has 2 fully saturated rings. The molecule has 29 heavy (non-hydrogen) atoms. The monoisotopic (exact) mass is 417 g/mol. The first-order valence-electron chi connectivity index (χ1n) is 9.27. The van der Waals surface area contributed by atoms with E-state index in [1.54, 1.807) is 0 Å². The van der Waals surface area contributed by atoms with Gasteiger partial charge < -0.3 is 10.2 Å². The van der Waals surface area contributed by atoms with E-state index < -0.39 is 38.7 Å². The van der Waals surface area contributed by atoms with Crippen LogP contribution in [0.5, 0.6) is 0 Å². The van der Waals surface area contributed by atoms with Crippen molar-refractivity contribution in [1.29, 1.82) is 0 Å². The van der Waals surface area contributed by atoms with Crippen molar-refractivity contribution in [3.8, 4) is 0 Å². The Balaban J connectivity index is 1.52. The first kappa shape index (κ1) is 19.5. The summed E-state index contributed by atoms with van der Waals surface area (Å²) in [4.78, 5) is 26.5. The van der Waals surface area contributed by atoms with Crippen LogP contribution >= 0.6 is 0 Å². The Morgan fingerprint density at radius 2 is 1.69 bits per heavy atom. The highest BCUT2D eigenvalue weighted by Gasteiger charge is 2.46. The molecule has 1 N–H and O–H groups in total. The molecule has 0 aromatic heterocycles. The van der Waals surface area contributed by atoms with Crippen LogP contribution in [0.3, 0.4) is 0 Å². The smallest absolute Gasteiger partial charge is 0.246 e. The van der Waals surface area contributed by atoms with E-state index in [1.807, 2.05) is 30.3 Å². The van der Waals surface area contributed by atoms with Crippen molar-refractivity contribution < 1.29 is 22.4 Å². The predicted octanol–water partition coefficient (Wildman–Crippen LogP) is 0.768. The Labute approximate surface area is 168 Å². The molecule has 2 saturated heterocycles. The molecule has 0 bridgehead atoms. The summed E-state index contributed by atoms with van der Waals surface area (Å²) >= 11 is 0. The first-order chi connectivity index (χ1) is 13.9. The van der Waals surface area contributed by atoms with E-state index in [4.69, 9.17) is 0 Å². The number of benzene rings is 2. The van der Waals surface area contributed by atoms with Gasteiger partial charge in [0.1, 0.15) is 22.8 Å². The van der Waals surface area contributed by atoms with Crippen molar-refractivity contribution in [3.63, 3.8) is 0 Å². The van der Waals surface area contributed by atoms with Gasteiger partial charge in [-0.25, -0.2) is 12.8 Å². The van der Waals surface area contributed by atoms with Crippen molar-refractivity contribution in [2.45, 2.75) is 23.4 Å². The SMILES string of the molecule is O=C1N[C@@H](Cc2ccccc2)C(=O)N2CCN(S(=O)(=O)c3ccccc3F)C[C@H]12. The van der Waals surface area contributed by atoms with E-state index in [2.05, 4.69) is 5.32 Å². The highest BCUT2D eigenvalue weighted by atomic mass is 32.2. The van der Waals surface area contributed by atoms with Crippen LogP contribution in [0.2, 0.25) is 0 Å². The van der Waals surface area contributed by atoms with Crippen LogP contribution in [-0.4, -0.2) is 61.2 Å². The molecule has 0 aliphatic carbocycles. The van der Waals surface area contributed by atoms with Crippen LogP contribution in [0.25, 0.3) is 0 Å². The van der Waals surface area contributed by atoms with Crippen LogP contribution in [0, 0.1) is 5.82 Å². The van der Waals surface area contributed by atoms with E-state index in [0.29, 0.717) is 6.42 Å². The molecule has 2 aromatic carbocycles. The summed E-state index contributed by atoms with van der Waals surface area (Å²) in [5.41, 5.74) is 0.922. The van der Waals surface area contributed by atoms with E-state index >= 15 is 0 Å². The summed E-state index contributed by atoms with van der Waals surface area (Å²) in [7, 11) is -4.11. The van der Waals surface area contributed by atoms with Gasteiger partial charge >= 0.3 is 0 Å². The number of carbonyl (C=O) groups is 2. The molecule has 9 heteroatoms. The standard InChI is InChI=1S/C20H20FN3O4S/c21-15-8-4-5-9-18(15)29(27,28)23-10-11-24-17(13-23)19(25)22-16(20(24)26)12-14-6-2-1-3-7-14/h1-9,16-17H,10-13H2,(H,22,25)/t16-,17+/m0/s1. The number of fused-ring (bicyclic) bond motifs is 1. The zero-order valence-electron chi connectivity index (χ0n) is 15.5. The minimum Gasteiger partial charge on any atom is -0.342 e. The molecular formula is C20H20FN3O4S. The van der Waals surface area contributed by atoms with Gasteiger partial charge in [0.15, 0.2) is 0 Å². The molecule has 7 nitrogen and oxygen atoms in total. The average Bonchev–Trinajstić information content (AvgIpc) is 2.72. The van der Waals surface area contributed by atoms with Crippen molar-refractivity contribution >= 4 is 21.8 Å². The molecule has 4 rings (SSSR count). The lowest BCUT2D eigenvalue weighted by Crippen LogP contribution is -2.69. The molecule has 2 aromatic rings. The number of nitrogens with one attached hydrogen (secondary N) is 1.